The van der Waals surface area contributed by atoms with Crippen molar-refractivity contribution >= 4 is 17.7 Å². The number of esters is 1. The van der Waals surface area contributed by atoms with Gasteiger partial charge in [-0.2, -0.15) is 0 Å². The first-order valence-corrected chi connectivity index (χ1v) is 11.7. The van der Waals surface area contributed by atoms with Gasteiger partial charge in [-0.3, -0.25) is 0 Å². The maximum absolute atomic E-state index is 12.8. The highest BCUT2D eigenvalue weighted by molar-refractivity contribution is 7.99. The number of carbonyl (C=O) groups excluding carboxylic acids is 1. The van der Waals surface area contributed by atoms with Crippen molar-refractivity contribution in [2.24, 2.45) is 0 Å². The average Bonchev–Trinajstić information content (AvgIpc) is 2.88. The van der Waals surface area contributed by atoms with Gasteiger partial charge in [-0.1, -0.05) is 78.5 Å². The molecule has 33 heavy (non-hydrogen) atoms. The van der Waals surface area contributed by atoms with Crippen LogP contribution in [0, 0.1) is 0 Å². The summed E-state index contributed by atoms with van der Waals surface area (Å²) in [5.41, 5.74) is 0.629. The second-order valence-corrected chi connectivity index (χ2v) is 9.05. The summed E-state index contributed by atoms with van der Waals surface area (Å²) < 4.78 is 24.1. The fraction of sp³-hybridized carbons (Fsp3) is 0.269. The number of carbonyl (C=O) groups is 1. The van der Waals surface area contributed by atoms with Crippen LogP contribution in [0.15, 0.2) is 95.9 Å². The first-order chi connectivity index (χ1) is 16.2. The molecule has 2 heterocycles. The van der Waals surface area contributed by atoms with Crippen molar-refractivity contribution < 1.29 is 28.8 Å². The maximum atomic E-state index is 12.8. The largest absolute Gasteiger partial charge is 0.452 e. The van der Waals surface area contributed by atoms with E-state index in [1.165, 1.54) is 11.8 Å². The molecule has 7 heteroatoms. The van der Waals surface area contributed by atoms with Crippen molar-refractivity contribution in [3.8, 4) is 0 Å². The molecule has 2 saturated heterocycles. The standard InChI is InChI=1S/C26H24O6S/c27-21-22-20(16-29-25(32-22)18-12-6-2-7-13-18)30-26(33-19-14-8-3-9-15-19)23(21)31-24(28)17-10-4-1-5-11-17/h1-15,20-23,25-27H,16H2/t20-,21+,22-,23-,25-,26+/m1/s1. The van der Waals surface area contributed by atoms with E-state index in [2.05, 4.69) is 0 Å². The summed E-state index contributed by atoms with van der Waals surface area (Å²) in [6.45, 7) is 0.256. The van der Waals surface area contributed by atoms with Gasteiger partial charge in [0.2, 0.25) is 0 Å². The molecule has 1 N–H and O–H groups in total. The van der Waals surface area contributed by atoms with Gasteiger partial charge < -0.3 is 24.1 Å². The van der Waals surface area contributed by atoms with E-state index >= 15 is 0 Å². The Morgan fingerprint density at radius 3 is 2.21 bits per heavy atom. The number of aliphatic hydroxyl groups is 1. The number of fused-ring (bicyclic) bond motifs is 1. The molecule has 0 radical (unpaired) electrons. The Morgan fingerprint density at radius 2 is 1.52 bits per heavy atom. The summed E-state index contributed by atoms with van der Waals surface area (Å²) >= 11 is 1.40. The van der Waals surface area contributed by atoms with Crippen molar-refractivity contribution in [3.63, 3.8) is 0 Å². The van der Waals surface area contributed by atoms with Gasteiger partial charge in [0, 0.05) is 10.5 Å². The maximum Gasteiger partial charge on any atom is 0.338 e. The number of benzene rings is 3. The lowest BCUT2D eigenvalue weighted by Gasteiger charge is -2.47. The van der Waals surface area contributed by atoms with E-state index in [1.54, 1.807) is 24.3 Å². The van der Waals surface area contributed by atoms with Crippen LogP contribution < -0.4 is 0 Å². The molecule has 2 fully saturated rings. The summed E-state index contributed by atoms with van der Waals surface area (Å²) in [6, 6.07) is 27.9. The van der Waals surface area contributed by atoms with Crippen molar-refractivity contribution in [1.82, 2.24) is 0 Å². The monoisotopic (exact) mass is 464 g/mol. The molecule has 2 aliphatic rings. The lowest BCUT2D eigenvalue weighted by Crippen LogP contribution is -2.61. The quantitative estimate of drug-likeness (QED) is 0.567. The fourth-order valence-electron chi connectivity index (χ4n) is 3.97. The van der Waals surface area contributed by atoms with Gasteiger partial charge in [0.05, 0.1) is 12.2 Å². The zero-order valence-corrected chi connectivity index (χ0v) is 18.5. The van der Waals surface area contributed by atoms with Gasteiger partial charge in [-0.25, -0.2) is 4.79 Å². The van der Waals surface area contributed by atoms with E-state index in [1.807, 2.05) is 66.7 Å². The molecule has 3 aromatic carbocycles. The summed E-state index contributed by atoms with van der Waals surface area (Å²) in [5, 5.41) is 11.3. The number of rotatable bonds is 5. The third-order valence-corrected chi connectivity index (χ3v) is 6.79. The van der Waals surface area contributed by atoms with Crippen LogP contribution in [0.25, 0.3) is 0 Å². The van der Waals surface area contributed by atoms with E-state index in [9.17, 15) is 9.90 Å². The van der Waals surface area contributed by atoms with Gasteiger partial charge in [0.1, 0.15) is 23.7 Å². The molecule has 0 aliphatic carbocycles. The molecule has 6 nitrogen and oxygen atoms in total. The van der Waals surface area contributed by atoms with Crippen LogP contribution >= 0.6 is 11.8 Å². The molecule has 5 rings (SSSR count). The van der Waals surface area contributed by atoms with Crippen LogP contribution in [0.3, 0.4) is 0 Å². The van der Waals surface area contributed by atoms with Crippen LogP contribution in [-0.4, -0.2) is 47.5 Å². The first-order valence-electron chi connectivity index (χ1n) is 10.8. The topological polar surface area (TPSA) is 74.2 Å². The molecule has 0 saturated carbocycles. The van der Waals surface area contributed by atoms with Crippen LogP contribution in [0.2, 0.25) is 0 Å². The van der Waals surface area contributed by atoms with Gasteiger partial charge in [-0.05, 0) is 24.3 Å². The third-order valence-electron chi connectivity index (χ3n) is 5.63. The van der Waals surface area contributed by atoms with Crippen molar-refractivity contribution in [2.75, 3.05) is 6.61 Å². The third kappa shape index (κ3) is 4.98. The Kier molecular flexibility index (Phi) is 6.75. The van der Waals surface area contributed by atoms with Crippen LogP contribution in [0.1, 0.15) is 22.2 Å². The van der Waals surface area contributed by atoms with Gasteiger partial charge in [0.25, 0.3) is 0 Å². The normalized spacial score (nSPS) is 29.1. The van der Waals surface area contributed by atoms with Crippen LogP contribution in [0.5, 0.6) is 0 Å². The minimum atomic E-state index is -1.09. The van der Waals surface area contributed by atoms with Crippen LogP contribution in [0.4, 0.5) is 0 Å². The Morgan fingerprint density at radius 1 is 0.879 bits per heavy atom. The Balaban J connectivity index is 1.38. The molecule has 0 bridgehead atoms. The van der Waals surface area contributed by atoms with Crippen molar-refractivity contribution in [1.29, 1.82) is 0 Å². The summed E-state index contributed by atoms with van der Waals surface area (Å²) in [7, 11) is 0. The highest BCUT2D eigenvalue weighted by Gasteiger charge is 2.51. The minimum absolute atomic E-state index is 0.256. The second kappa shape index (κ2) is 10.1. The van der Waals surface area contributed by atoms with Gasteiger partial charge in [0.15, 0.2) is 12.4 Å². The summed E-state index contributed by atoms with van der Waals surface area (Å²) in [4.78, 5) is 13.8. The number of aliphatic hydroxyl groups excluding tert-OH is 1. The number of hydrogen-bond acceptors (Lipinski definition) is 7. The van der Waals surface area contributed by atoms with Gasteiger partial charge in [-0.15, -0.1) is 0 Å². The molecular formula is C26H24O6S. The smallest absolute Gasteiger partial charge is 0.338 e. The lowest BCUT2D eigenvalue weighted by molar-refractivity contribution is -0.317. The molecule has 2 aliphatic heterocycles. The van der Waals surface area contributed by atoms with E-state index in [4.69, 9.17) is 18.9 Å². The number of thioether (sulfide) groups is 1. The van der Waals surface area contributed by atoms with Gasteiger partial charge >= 0.3 is 5.97 Å². The average molecular weight is 465 g/mol. The SMILES string of the molecule is O=C(O[C@@H]1[C@@H](O)[C@@H]2O[C@H](c3ccccc3)OC[C@H]2O[C@H]1Sc1ccccc1)c1ccccc1. The fourth-order valence-corrected chi connectivity index (χ4v) is 5.10. The second-order valence-electron chi connectivity index (χ2n) is 7.88. The molecular weight excluding hydrogens is 440 g/mol. The molecule has 0 amide bonds. The zero-order chi connectivity index (χ0) is 22.6. The van der Waals surface area contributed by atoms with E-state index in [-0.39, 0.29) is 6.61 Å². The number of hydrogen-bond donors (Lipinski definition) is 1. The molecule has 0 unspecified atom stereocenters. The molecule has 6 atom stereocenters. The Hall–Kier alpha value is -2.68. The van der Waals surface area contributed by atoms with E-state index in [0.29, 0.717) is 5.56 Å². The number of ether oxygens (including phenoxy) is 4. The predicted molar refractivity (Wildman–Crippen MR) is 123 cm³/mol. The zero-order valence-electron chi connectivity index (χ0n) is 17.7. The highest BCUT2D eigenvalue weighted by atomic mass is 32.2. The summed E-state index contributed by atoms with van der Waals surface area (Å²) in [5.74, 6) is -0.521. The highest BCUT2D eigenvalue weighted by Crippen LogP contribution is 2.40. The Labute approximate surface area is 196 Å². The predicted octanol–water partition coefficient (Wildman–Crippen LogP) is 4.20. The lowest BCUT2D eigenvalue weighted by atomic mass is 9.98. The van der Waals surface area contributed by atoms with E-state index < -0.39 is 42.1 Å². The summed E-state index contributed by atoms with van der Waals surface area (Å²) in [6.07, 6.45) is -3.85. The molecule has 170 valence electrons. The van der Waals surface area contributed by atoms with Crippen molar-refractivity contribution in [3.05, 3.63) is 102 Å². The molecule has 3 aromatic rings. The van der Waals surface area contributed by atoms with Crippen molar-refractivity contribution in [2.45, 2.75) is 41.0 Å². The minimum Gasteiger partial charge on any atom is -0.452 e. The molecule has 0 spiro atoms. The molecule has 0 aromatic heterocycles. The van der Waals surface area contributed by atoms with Crippen LogP contribution in [-0.2, 0) is 18.9 Å². The first kappa shape index (κ1) is 22.1. The Bertz CT molecular complexity index is 1050. The van der Waals surface area contributed by atoms with E-state index in [0.717, 1.165) is 10.5 Å².